The van der Waals surface area contributed by atoms with E-state index in [1.807, 2.05) is 0 Å². The van der Waals surface area contributed by atoms with Crippen LogP contribution in [0.5, 0.6) is 0 Å². The highest BCUT2D eigenvalue weighted by atomic mass is 16.6. The zero-order valence-corrected chi connectivity index (χ0v) is 37.8. The maximum atomic E-state index is 12.8. The number of rotatable bonds is 41. The van der Waals surface area contributed by atoms with Crippen molar-refractivity contribution in [3.63, 3.8) is 0 Å². The van der Waals surface area contributed by atoms with E-state index in [1.165, 1.54) is 173 Å². The second-order valence-electron chi connectivity index (χ2n) is 18.1. The third-order valence-electron chi connectivity index (χ3n) is 10.8. The van der Waals surface area contributed by atoms with Crippen molar-refractivity contribution in [1.82, 2.24) is 5.32 Å². The Labute approximate surface area is 339 Å². The number of allylic oxidation sites excluding steroid dienone is 2. The van der Waals surface area contributed by atoms with Gasteiger partial charge in [0.25, 0.3) is 0 Å². The smallest absolute Gasteiger partial charge is 0.407 e. The quantitative estimate of drug-likeness (QED) is 0.0498. The van der Waals surface area contributed by atoms with Crippen molar-refractivity contribution in [2.75, 3.05) is 19.8 Å². The van der Waals surface area contributed by atoms with E-state index in [2.05, 4.69) is 65.9 Å². The molecule has 0 radical (unpaired) electrons. The summed E-state index contributed by atoms with van der Waals surface area (Å²) in [5.41, 5.74) is -0.373. The van der Waals surface area contributed by atoms with E-state index in [9.17, 15) is 4.79 Å². The van der Waals surface area contributed by atoms with E-state index in [0.29, 0.717) is 19.8 Å². The Bertz CT molecular complexity index is 804. The fraction of sp³-hybridized carbons (Fsp3) is 0.939. The van der Waals surface area contributed by atoms with Crippen LogP contribution in [0.4, 0.5) is 4.79 Å². The lowest BCUT2D eigenvalue weighted by Gasteiger charge is -2.28. The molecule has 5 nitrogen and oxygen atoms in total. The lowest BCUT2D eigenvalue weighted by Crippen LogP contribution is -2.32. The largest absolute Gasteiger partial charge is 0.446 e. The maximum absolute atomic E-state index is 12.8. The fourth-order valence-corrected chi connectivity index (χ4v) is 7.10. The molecule has 322 valence electrons. The summed E-state index contributed by atoms with van der Waals surface area (Å²) in [6.45, 7) is 16.9. The van der Waals surface area contributed by atoms with Gasteiger partial charge in [-0.2, -0.15) is 0 Å². The predicted molar refractivity (Wildman–Crippen MR) is 237 cm³/mol. The molecule has 0 aromatic heterocycles. The summed E-state index contributed by atoms with van der Waals surface area (Å²) >= 11 is 0. The number of carbonyl (C=O) groups excluding carboxylic acids is 1. The van der Waals surface area contributed by atoms with E-state index in [-0.39, 0.29) is 23.4 Å². The van der Waals surface area contributed by atoms with Gasteiger partial charge in [-0.05, 0) is 98.8 Å². The molecule has 0 aliphatic rings. The standard InChI is InChI=1S/C49H97NO4/c1-8-10-12-14-16-18-20-22-24-26-28-30-32-34-36-38-41-46(40-37-35-33-31-29-27-25-23-21-19-17-15-13-11-9-2)54-47(51)50-43-39-44-53-49(6,7)42-45-52-48(3,4)5/h23,25,46H,8-22,24,26-45H2,1-7H3,(H,50,51)/b25-23-. The van der Waals surface area contributed by atoms with Gasteiger partial charge in [-0.1, -0.05) is 174 Å². The first-order chi connectivity index (χ1) is 26.1. The number of alkyl carbamates (subject to hydrolysis) is 1. The first-order valence-corrected chi connectivity index (χ1v) is 24.0. The molecule has 0 aliphatic carbocycles. The van der Waals surface area contributed by atoms with Gasteiger partial charge in [0.05, 0.1) is 11.2 Å². The number of unbranched alkanes of at least 4 members (excludes halogenated alkanes) is 26. The second-order valence-corrected chi connectivity index (χ2v) is 18.1. The number of hydrogen-bond donors (Lipinski definition) is 1. The van der Waals surface area contributed by atoms with Crippen molar-refractivity contribution < 1.29 is 19.0 Å². The second kappa shape index (κ2) is 38.8. The topological polar surface area (TPSA) is 56.8 Å². The van der Waals surface area contributed by atoms with Crippen molar-refractivity contribution in [3.8, 4) is 0 Å². The molecule has 54 heavy (non-hydrogen) atoms. The Morgan fingerprint density at radius 1 is 0.500 bits per heavy atom. The van der Waals surface area contributed by atoms with E-state index < -0.39 is 0 Å². The SMILES string of the molecule is CCCCCCCC/C=C\CCCCCCCC(CCCCCCCCCCCCCCCCCC)OC(=O)NCCCOC(C)(C)CCOC(C)(C)C. The zero-order valence-electron chi connectivity index (χ0n) is 37.8. The molecule has 0 aromatic rings. The molecule has 0 bridgehead atoms. The summed E-state index contributed by atoms with van der Waals surface area (Å²) in [7, 11) is 0. The normalized spacial score (nSPS) is 12.9. The average molecular weight is 764 g/mol. The summed E-state index contributed by atoms with van der Waals surface area (Å²) in [6, 6.07) is 0. The molecule has 1 N–H and O–H groups in total. The van der Waals surface area contributed by atoms with Crippen LogP contribution in [0.25, 0.3) is 0 Å². The van der Waals surface area contributed by atoms with Gasteiger partial charge in [0.15, 0.2) is 0 Å². The Morgan fingerprint density at radius 2 is 0.889 bits per heavy atom. The molecule has 0 aromatic carbocycles. The van der Waals surface area contributed by atoms with Gasteiger partial charge < -0.3 is 19.5 Å². The lowest BCUT2D eigenvalue weighted by molar-refractivity contribution is -0.0667. The predicted octanol–water partition coefficient (Wildman–Crippen LogP) is 16.2. The minimum absolute atomic E-state index is 0.0274. The van der Waals surface area contributed by atoms with Crippen LogP contribution in [0.2, 0.25) is 0 Å². The van der Waals surface area contributed by atoms with E-state index in [1.54, 1.807) is 0 Å². The molecule has 0 rings (SSSR count). The molecule has 0 saturated carbocycles. The molecule has 0 fully saturated rings. The Morgan fingerprint density at radius 3 is 1.30 bits per heavy atom. The van der Waals surface area contributed by atoms with Crippen LogP contribution >= 0.6 is 0 Å². The van der Waals surface area contributed by atoms with E-state index in [4.69, 9.17) is 14.2 Å². The lowest BCUT2D eigenvalue weighted by atomic mass is 10.0. The molecule has 0 spiro atoms. The minimum atomic E-state index is -0.262. The highest BCUT2D eigenvalue weighted by Crippen LogP contribution is 2.20. The van der Waals surface area contributed by atoms with Crippen molar-refractivity contribution in [2.24, 2.45) is 0 Å². The summed E-state index contributed by atoms with van der Waals surface area (Å²) in [6.07, 6.45) is 47.2. The Hall–Kier alpha value is -1.07. The molecule has 1 unspecified atom stereocenters. The number of carbonyl (C=O) groups is 1. The van der Waals surface area contributed by atoms with Crippen LogP contribution in [0, 0.1) is 0 Å². The number of ether oxygens (including phenoxy) is 3. The van der Waals surface area contributed by atoms with Gasteiger partial charge in [-0.15, -0.1) is 0 Å². The third kappa shape index (κ3) is 42.1. The third-order valence-corrected chi connectivity index (χ3v) is 10.8. The molecule has 0 heterocycles. The first kappa shape index (κ1) is 52.9. The van der Waals surface area contributed by atoms with Crippen molar-refractivity contribution in [2.45, 2.75) is 278 Å². The summed E-state index contributed by atoms with van der Waals surface area (Å²) in [5.74, 6) is 0. The molecule has 1 atom stereocenters. The monoisotopic (exact) mass is 764 g/mol. The van der Waals surface area contributed by atoms with Crippen molar-refractivity contribution in [3.05, 3.63) is 12.2 Å². The zero-order chi connectivity index (χ0) is 39.9. The average Bonchev–Trinajstić information content (AvgIpc) is 3.12. The Kier molecular flexibility index (Phi) is 38.0. The van der Waals surface area contributed by atoms with E-state index >= 15 is 0 Å². The minimum Gasteiger partial charge on any atom is -0.446 e. The van der Waals surface area contributed by atoms with Crippen LogP contribution in [0.3, 0.4) is 0 Å². The summed E-state index contributed by atoms with van der Waals surface area (Å²) in [5, 5.41) is 3.00. The van der Waals surface area contributed by atoms with Gasteiger partial charge in [0.1, 0.15) is 6.10 Å². The Balaban J connectivity index is 4.27. The molecule has 0 aliphatic heterocycles. The van der Waals surface area contributed by atoms with E-state index in [0.717, 1.165) is 38.5 Å². The molecule has 0 saturated heterocycles. The highest BCUT2D eigenvalue weighted by Gasteiger charge is 2.20. The van der Waals surface area contributed by atoms with Gasteiger partial charge in [0.2, 0.25) is 0 Å². The van der Waals surface area contributed by atoms with Crippen LogP contribution in [0.15, 0.2) is 12.2 Å². The number of nitrogens with one attached hydrogen (secondary N) is 1. The van der Waals surface area contributed by atoms with Gasteiger partial charge >= 0.3 is 6.09 Å². The molecule has 5 heteroatoms. The summed E-state index contributed by atoms with van der Waals surface area (Å²) < 4.78 is 18.0. The maximum Gasteiger partial charge on any atom is 0.407 e. The van der Waals surface area contributed by atoms with Gasteiger partial charge in [-0.25, -0.2) is 4.79 Å². The number of hydrogen-bond acceptors (Lipinski definition) is 4. The van der Waals surface area contributed by atoms with Gasteiger partial charge in [-0.3, -0.25) is 0 Å². The van der Waals surface area contributed by atoms with Crippen LogP contribution < -0.4 is 5.32 Å². The van der Waals surface area contributed by atoms with Crippen LogP contribution in [-0.2, 0) is 14.2 Å². The number of amides is 1. The first-order valence-electron chi connectivity index (χ1n) is 24.0. The fourth-order valence-electron chi connectivity index (χ4n) is 7.10. The molecular formula is C49H97NO4. The van der Waals surface area contributed by atoms with Crippen molar-refractivity contribution in [1.29, 1.82) is 0 Å². The molecular weight excluding hydrogens is 667 g/mol. The van der Waals surface area contributed by atoms with Crippen LogP contribution in [0.1, 0.15) is 260 Å². The molecule has 1 amide bonds. The summed E-state index contributed by atoms with van der Waals surface area (Å²) in [4.78, 5) is 12.8. The van der Waals surface area contributed by atoms with Gasteiger partial charge in [0, 0.05) is 19.8 Å². The highest BCUT2D eigenvalue weighted by molar-refractivity contribution is 5.67. The van der Waals surface area contributed by atoms with Crippen molar-refractivity contribution >= 4 is 6.09 Å². The van der Waals surface area contributed by atoms with Crippen LogP contribution in [-0.4, -0.2) is 43.2 Å².